The van der Waals surface area contributed by atoms with Gasteiger partial charge in [-0.3, -0.25) is 19.6 Å². The van der Waals surface area contributed by atoms with Crippen molar-refractivity contribution in [3.05, 3.63) is 70.8 Å². The SMILES string of the molecule is Cc1ccc(C2=NC3(CCC(C(C)(C)C)CC3)N([C@H](CCC(C)(C)C)c3ccc(C(=O)NCc4nn[nH]n4)cc3)C2=O)cn1. The Balaban J connectivity index is 1.49. The maximum absolute atomic E-state index is 14.5. The molecule has 10 nitrogen and oxygen atoms in total. The van der Waals surface area contributed by atoms with Crippen molar-refractivity contribution >= 4 is 17.5 Å². The van der Waals surface area contributed by atoms with Crippen molar-refractivity contribution in [1.29, 1.82) is 0 Å². The number of rotatable bonds is 8. The van der Waals surface area contributed by atoms with Crippen LogP contribution in [0.3, 0.4) is 0 Å². The predicted molar refractivity (Wildman–Crippen MR) is 170 cm³/mol. The number of H-pyrrole nitrogens is 1. The van der Waals surface area contributed by atoms with Gasteiger partial charge in [-0.25, -0.2) is 0 Å². The third kappa shape index (κ3) is 6.89. The molecule has 3 aromatic rings. The fraction of sp³-hybridized carbons (Fsp3) is 0.559. The quantitative estimate of drug-likeness (QED) is 0.329. The molecular formula is C34H46N8O2. The molecule has 1 saturated carbocycles. The average Bonchev–Trinajstić information content (AvgIpc) is 3.59. The summed E-state index contributed by atoms with van der Waals surface area (Å²) in [6.07, 6.45) is 7.17. The number of carbonyl (C=O) groups excluding carboxylic acids is 2. The molecule has 0 radical (unpaired) electrons. The molecule has 0 saturated heterocycles. The summed E-state index contributed by atoms with van der Waals surface area (Å²) in [6, 6.07) is 11.4. The minimum absolute atomic E-state index is 0.0364. The summed E-state index contributed by atoms with van der Waals surface area (Å²) in [6.45, 7) is 15.8. The second-order valence-electron chi connectivity index (χ2n) is 14.7. The Morgan fingerprint density at radius 1 is 1.07 bits per heavy atom. The fourth-order valence-electron chi connectivity index (χ4n) is 6.53. The van der Waals surface area contributed by atoms with Gasteiger partial charge in [-0.05, 0) is 92.0 Å². The monoisotopic (exact) mass is 598 g/mol. The van der Waals surface area contributed by atoms with Crippen LogP contribution in [-0.2, 0) is 11.3 Å². The number of nitrogens with zero attached hydrogens (tertiary/aromatic N) is 6. The number of benzene rings is 1. The van der Waals surface area contributed by atoms with Gasteiger partial charge >= 0.3 is 0 Å². The van der Waals surface area contributed by atoms with Crippen LogP contribution < -0.4 is 5.32 Å². The van der Waals surface area contributed by atoms with Crippen LogP contribution >= 0.6 is 0 Å². The first-order chi connectivity index (χ1) is 20.8. The molecule has 5 rings (SSSR count). The number of pyridine rings is 1. The molecular weight excluding hydrogens is 552 g/mol. The van der Waals surface area contributed by atoms with E-state index in [-0.39, 0.29) is 35.2 Å². The summed E-state index contributed by atoms with van der Waals surface area (Å²) in [5.74, 6) is 0.726. The molecule has 0 unspecified atom stereocenters. The van der Waals surface area contributed by atoms with Gasteiger partial charge in [0.1, 0.15) is 11.4 Å². The van der Waals surface area contributed by atoms with Crippen LogP contribution in [0.2, 0.25) is 0 Å². The second kappa shape index (κ2) is 12.2. The van der Waals surface area contributed by atoms with Crippen LogP contribution in [-0.4, -0.2) is 53.7 Å². The number of aliphatic imine (C=N–C) groups is 1. The normalized spacial score (nSPS) is 21.4. The third-order valence-electron chi connectivity index (χ3n) is 9.22. The molecule has 2 amide bonds. The highest BCUT2D eigenvalue weighted by molar-refractivity contribution is 6.46. The lowest BCUT2D eigenvalue weighted by Crippen LogP contribution is -2.51. The Bertz CT molecular complexity index is 1470. The first kappa shape index (κ1) is 31.5. The van der Waals surface area contributed by atoms with Gasteiger partial charge in [-0.2, -0.15) is 5.21 Å². The number of aromatic amines is 1. The van der Waals surface area contributed by atoms with Crippen LogP contribution in [0.25, 0.3) is 0 Å². The number of tetrazole rings is 1. The number of amides is 2. The highest BCUT2D eigenvalue weighted by Gasteiger charge is 2.52. The summed E-state index contributed by atoms with van der Waals surface area (Å²) in [4.78, 5) is 39.3. The van der Waals surface area contributed by atoms with Crippen molar-refractivity contribution in [1.82, 2.24) is 35.8 Å². The van der Waals surface area contributed by atoms with Gasteiger partial charge in [-0.1, -0.05) is 58.9 Å². The Kier molecular flexibility index (Phi) is 8.73. The molecule has 2 aromatic heterocycles. The highest BCUT2D eigenvalue weighted by atomic mass is 16.2. The molecule has 1 aliphatic carbocycles. The number of hydrogen-bond donors (Lipinski definition) is 2. The molecule has 2 aliphatic rings. The molecule has 1 spiro atoms. The fourth-order valence-corrected chi connectivity index (χ4v) is 6.53. The average molecular weight is 599 g/mol. The minimum atomic E-state index is -0.609. The van der Waals surface area contributed by atoms with E-state index in [9.17, 15) is 9.59 Å². The number of aromatic nitrogens is 5. The lowest BCUT2D eigenvalue weighted by Gasteiger charge is -2.47. The number of nitrogens with one attached hydrogen (secondary N) is 2. The number of hydrogen-bond acceptors (Lipinski definition) is 7. The van der Waals surface area contributed by atoms with Crippen molar-refractivity contribution in [2.75, 3.05) is 0 Å². The van der Waals surface area contributed by atoms with E-state index in [0.717, 1.165) is 55.3 Å². The van der Waals surface area contributed by atoms with E-state index in [1.165, 1.54) is 0 Å². The summed E-state index contributed by atoms with van der Waals surface area (Å²) in [5, 5.41) is 16.5. The molecule has 1 atom stereocenters. The molecule has 0 bridgehead atoms. The van der Waals surface area contributed by atoms with Crippen LogP contribution in [0.15, 0.2) is 47.6 Å². The Hall–Kier alpha value is -3.95. The Morgan fingerprint density at radius 3 is 2.34 bits per heavy atom. The zero-order valence-electron chi connectivity index (χ0n) is 27.1. The summed E-state index contributed by atoms with van der Waals surface area (Å²) >= 11 is 0. The standard InChI is InChI=1S/C34H46N8O2/c1-22-8-9-25(20-35-22)29-31(44)42(34(37-29)18-14-26(15-19-34)33(5,6)7)27(16-17-32(2,3)4)23-10-12-24(13-11-23)30(43)36-21-28-38-40-41-39-28/h8-13,20,26-27H,14-19,21H2,1-7H3,(H,36,43)(H,38,39,40,41)/t26?,27-,34?/m1/s1. The van der Waals surface area contributed by atoms with E-state index in [4.69, 9.17) is 4.99 Å². The first-order valence-electron chi connectivity index (χ1n) is 15.7. The Labute approximate surface area is 260 Å². The highest BCUT2D eigenvalue weighted by Crippen LogP contribution is 2.50. The maximum Gasteiger partial charge on any atom is 0.275 e. The largest absolute Gasteiger partial charge is 0.345 e. The molecule has 1 fully saturated rings. The summed E-state index contributed by atoms with van der Waals surface area (Å²) in [5.41, 5.74) is 3.39. The third-order valence-corrected chi connectivity index (χ3v) is 9.22. The van der Waals surface area contributed by atoms with E-state index >= 15 is 0 Å². The van der Waals surface area contributed by atoms with E-state index in [2.05, 4.69) is 77.4 Å². The van der Waals surface area contributed by atoms with Crippen LogP contribution in [0, 0.1) is 23.7 Å². The molecule has 3 heterocycles. The van der Waals surface area contributed by atoms with Crippen LogP contribution in [0.4, 0.5) is 0 Å². The molecule has 10 heteroatoms. The van der Waals surface area contributed by atoms with Gasteiger partial charge < -0.3 is 10.2 Å². The predicted octanol–water partition coefficient (Wildman–Crippen LogP) is 5.96. The first-order valence-corrected chi connectivity index (χ1v) is 15.7. The zero-order valence-corrected chi connectivity index (χ0v) is 27.1. The molecule has 44 heavy (non-hydrogen) atoms. The van der Waals surface area contributed by atoms with Gasteiger partial charge in [0.05, 0.1) is 12.6 Å². The van der Waals surface area contributed by atoms with Crippen LogP contribution in [0.5, 0.6) is 0 Å². The second-order valence-corrected chi connectivity index (χ2v) is 14.7. The summed E-state index contributed by atoms with van der Waals surface area (Å²) < 4.78 is 0. The van der Waals surface area contributed by atoms with Gasteiger partial charge in [0.2, 0.25) is 0 Å². The number of carbonyl (C=O) groups is 2. The van der Waals surface area contributed by atoms with Gasteiger partial charge in [0.15, 0.2) is 5.82 Å². The smallest absolute Gasteiger partial charge is 0.275 e. The van der Waals surface area contributed by atoms with Crippen molar-refractivity contribution in [2.24, 2.45) is 21.7 Å². The van der Waals surface area contributed by atoms with Gasteiger partial charge in [-0.15, -0.1) is 10.2 Å². The lowest BCUT2D eigenvalue weighted by atomic mass is 9.69. The van der Waals surface area contributed by atoms with E-state index in [1.807, 2.05) is 43.3 Å². The van der Waals surface area contributed by atoms with E-state index in [0.29, 0.717) is 23.0 Å². The zero-order chi connectivity index (χ0) is 31.7. The summed E-state index contributed by atoms with van der Waals surface area (Å²) in [7, 11) is 0. The van der Waals surface area contributed by atoms with Crippen molar-refractivity contribution in [3.63, 3.8) is 0 Å². The van der Waals surface area contributed by atoms with E-state index in [1.54, 1.807) is 6.20 Å². The van der Waals surface area contributed by atoms with E-state index < -0.39 is 5.66 Å². The van der Waals surface area contributed by atoms with Crippen molar-refractivity contribution in [2.45, 2.75) is 105 Å². The number of aryl methyl sites for hydroxylation is 1. The molecule has 1 aliphatic heterocycles. The molecule has 2 N–H and O–H groups in total. The van der Waals surface area contributed by atoms with Gasteiger partial charge in [0, 0.05) is 23.0 Å². The van der Waals surface area contributed by atoms with Crippen molar-refractivity contribution < 1.29 is 9.59 Å². The Morgan fingerprint density at radius 2 is 1.77 bits per heavy atom. The molecule has 1 aromatic carbocycles. The topological polar surface area (TPSA) is 129 Å². The van der Waals surface area contributed by atoms with Gasteiger partial charge in [0.25, 0.3) is 11.8 Å². The minimum Gasteiger partial charge on any atom is -0.345 e. The maximum atomic E-state index is 14.5. The lowest BCUT2D eigenvalue weighted by molar-refractivity contribution is -0.134. The van der Waals surface area contributed by atoms with Crippen LogP contribution in [0.1, 0.15) is 119 Å². The van der Waals surface area contributed by atoms with Crippen molar-refractivity contribution in [3.8, 4) is 0 Å². The molecule has 234 valence electrons.